The van der Waals surface area contributed by atoms with Crippen molar-refractivity contribution in [1.29, 1.82) is 0 Å². The number of amides is 1. The third-order valence-corrected chi connectivity index (χ3v) is 5.35. The number of alkyl halides is 3. The Balaban J connectivity index is 1.60. The topological polar surface area (TPSA) is 69.0 Å². The molecule has 0 saturated carbocycles. The summed E-state index contributed by atoms with van der Waals surface area (Å²) in [6.07, 6.45) is -4.46. The lowest BCUT2D eigenvalue weighted by atomic mass is 10.3. The predicted octanol–water partition coefficient (Wildman–Crippen LogP) is 4.22. The number of thioether (sulfide) groups is 1. The van der Waals surface area contributed by atoms with Crippen LogP contribution in [0.15, 0.2) is 46.9 Å². The Morgan fingerprint density at radius 3 is 2.75 bits per heavy atom. The number of benzene rings is 1. The average Bonchev–Trinajstić information content (AvgIpc) is 3.28. The van der Waals surface area contributed by atoms with E-state index in [2.05, 4.69) is 15.5 Å². The highest BCUT2D eigenvalue weighted by atomic mass is 32.2. The molecule has 0 atom stereocenters. The predicted molar refractivity (Wildman–Crippen MR) is 102 cm³/mol. The molecule has 0 aliphatic carbocycles. The van der Waals surface area contributed by atoms with Gasteiger partial charge in [-0.3, -0.25) is 4.79 Å². The van der Waals surface area contributed by atoms with Gasteiger partial charge in [-0.25, -0.2) is 0 Å². The second kappa shape index (κ2) is 8.65. The van der Waals surface area contributed by atoms with E-state index in [1.807, 2.05) is 17.5 Å². The molecule has 0 aliphatic heterocycles. The zero-order valence-corrected chi connectivity index (χ0v) is 16.2. The SMILES string of the molecule is Cn1c(SCC(=O)Nc2ccccc2OCC(F)(F)F)nnc1-c1cccs1. The van der Waals surface area contributed by atoms with Gasteiger partial charge in [0, 0.05) is 7.05 Å². The summed E-state index contributed by atoms with van der Waals surface area (Å²) in [5.41, 5.74) is 0.176. The first-order chi connectivity index (χ1) is 13.3. The molecule has 1 N–H and O–H groups in total. The van der Waals surface area contributed by atoms with Gasteiger partial charge in [-0.2, -0.15) is 13.2 Å². The van der Waals surface area contributed by atoms with Crippen molar-refractivity contribution in [3.05, 3.63) is 41.8 Å². The van der Waals surface area contributed by atoms with Gasteiger partial charge in [0.1, 0.15) is 5.75 Å². The Morgan fingerprint density at radius 1 is 1.25 bits per heavy atom. The molecule has 2 heterocycles. The van der Waals surface area contributed by atoms with Crippen LogP contribution in [-0.4, -0.2) is 39.2 Å². The van der Waals surface area contributed by atoms with Crippen LogP contribution in [0.3, 0.4) is 0 Å². The number of ether oxygens (including phenoxy) is 1. The fourth-order valence-corrected chi connectivity index (χ4v) is 3.69. The smallest absolute Gasteiger partial charge is 0.422 e. The maximum Gasteiger partial charge on any atom is 0.422 e. The zero-order valence-electron chi connectivity index (χ0n) is 14.6. The maximum atomic E-state index is 12.4. The second-order valence-corrected chi connectivity index (χ2v) is 7.47. The van der Waals surface area contributed by atoms with Crippen molar-refractivity contribution in [2.75, 3.05) is 17.7 Å². The second-order valence-electron chi connectivity index (χ2n) is 5.58. The summed E-state index contributed by atoms with van der Waals surface area (Å²) in [6.45, 7) is -1.43. The lowest BCUT2D eigenvalue weighted by molar-refractivity contribution is -0.153. The van der Waals surface area contributed by atoms with Crippen molar-refractivity contribution >= 4 is 34.7 Å². The summed E-state index contributed by atoms with van der Waals surface area (Å²) in [6, 6.07) is 9.80. The van der Waals surface area contributed by atoms with Crippen LogP contribution in [0, 0.1) is 0 Å². The van der Waals surface area contributed by atoms with Gasteiger partial charge in [0.2, 0.25) is 5.91 Å². The van der Waals surface area contributed by atoms with Crippen LogP contribution in [0.2, 0.25) is 0 Å². The Morgan fingerprint density at radius 2 is 2.04 bits per heavy atom. The number of rotatable bonds is 7. The number of anilines is 1. The molecule has 1 aromatic carbocycles. The molecule has 6 nitrogen and oxygen atoms in total. The monoisotopic (exact) mass is 428 g/mol. The molecule has 3 rings (SSSR count). The van der Waals surface area contributed by atoms with Crippen molar-refractivity contribution in [3.8, 4) is 16.5 Å². The van der Waals surface area contributed by atoms with E-state index in [1.165, 1.54) is 41.3 Å². The Kier molecular flexibility index (Phi) is 6.25. The van der Waals surface area contributed by atoms with Crippen LogP contribution < -0.4 is 10.1 Å². The van der Waals surface area contributed by atoms with Crippen LogP contribution in [0.4, 0.5) is 18.9 Å². The van der Waals surface area contributed by atoms with Gasteiger partial charge in [-0.1, -0.05) is 30.0 Å². The highest BCUT2D eigenvalue weighted by Crippen LogP contribution is 2.28. The summed E-state index contributed by atoms with van der Waals surface area (Å²) in [7, 11) is 1.80. The molecule has 3 aromatic rings. The molecule has 1 amide bonds. The molecule has 2 aromatic heterocycles. The summed E-state index contributed by atoms with van der Waals surface area (Å²) >= 11 is 2.71. The Labute approximate surface area is 166 Å². The average molecular weight is 428 g/mol. The minimum atomic E-state index is -4.46. The number of thiophene rings is 1. The van der Waals surface area contributed by atoms with Crippen LogP contribution in [0.25, 0.3) is 10.7 Å². The third-order valence-electron chi connectivity index (χ3n) is 3.46. The van der Waals surface area contributed by atoms with E-state index in [-0.39, 0.29) is 17.2 Å². The van der Waals surface area contributed by atoms with E-state index in [0.717, 1.165) is 4.88 Å². The van der Waals surface area contributed by atoms with Gasteiger partial charge in [-0.15, -0.1) is 21.5 Å². The highest BCUT2D eigenvalue weighted by molar-refractivity contribution is 7.99. The molecular formula is C17H15F3N4O2S2. The van der Waals surface area contributed by atoms with Gasteiger partial charge in [0.05, 0.1) is 16.3 Å². The summed E-state index contributed by atoms with van der Waals surface area (Å²) in [5, 5.41) is 13.3. The number of aromatic nitrogens is 3. The lowest BCUT2D eigenvalue weighted by Gasteiger charge is -2.13. The summed E-state index contributed by atoms with van der Waals surface area (Å²) in [4.78, 5) is 13.2. The lowest BCUT2D eigenvalue weighted by Crippen LogP contribution is -2.20. The molecule has 0 unspecified atom stereocenters. The molecule has 0 fully saturated rings. The Bertz CT molecular complexity index is 942. The third kappa shape index (κ3) is 5.26. The first-order valence-corrected chi connectivity index (χ1v) is 9.84. The number of hydrogen-bond acceptors (Lipinski definition) is 6. The highest BCUT2D eigenvalue weighted by Gasteiger charge is 2.29. The number of carbonyl (C=O) groups excluding carboxylic acids is 1. The van der Waals surface area contributed by atoms with E-state index in [1.54, 1.807) is 17.7 Å². The van der Waals surface area contributed by atoms with Gasteiger partial charge >= 0.3 is 6.18 Å². The molecule has 11 heteroatoms. The van der Waals surface area contributed by atoms with Crippen LogP contribution >= 0.6 is 23.1 Å². The van der Waals surface area contributed by atoms with Crippen molar-refractivity contribution in [2.45, 2.75) is 11.3 Å². The number of halogens is 3. The Hall–Kier alpha value is -2.53. The standard InChI is InChI=1S/C17H15F3N4O2S2/c1-24-15(13-7-4-8-27-13)22-23-16(24)28-9-14(25)21-11-5-2-3-6-12(11)26-10-17(18,19)20/h2-8H,9-10H2,1H3,(H,21,25). The first kappa shape index (κ1) is 20.2. The van der Waals surface area contributed by atoms with Gasteiger partial charge in [0.15, 0.2) is 17.6 Å². The van der Waals surface area contributed by atoms with Gasteiger partial charge in [-0.05, 0) is 23.6 Å². The molecule has 28 heavy (non-hydrogen) atoms. The van der Waals surface area contributed by atoms with Crippen LogP contribution in [0.1, 0.15) is 0 Å². The normalized spacial score (nSPS) is 11.4. The molecule has 0 spiro atoms. The van der Waals surface area contributed by atoms with Crippen LogP contribution in [0.5, 0.6) is 5.75 Å². The van der Waals surface area contributed by atoms with E-state index in [9.17, 15) is 18.0 Å². The number of carbonyl (C=O) groups is 1. The van der Waals surface area contributed by atoms with Crippen molar-refractivity contribution in [1.82, 2.24) is 14.8 Å². The minimum absolute atomic E-state index is 0.0179. The molecule has 148 valence electrons. The van der Waals surface area contributed by atoms with E-state index < -0.39 is 18.7 Å². The molecule has 0 saturated heterocycles. The number of para-hydroxylation sites is 2. The van der Waals surface area contributed by atoms with Crippen molar-refractivity contribution < 1.29 is 22.7 Å². The van der Waals surface area contributed by atoms with E-state index in [0.29, 0.717) is 11.0 Å². The molecule has 0 aliphatic rings. The quantitative estimate of drug-likeness (QED) is 0.571. The summed E-state index contributed by atoms with van der Waals surface area (Å²) < 4.78 is 43.6. The number of nitrogens with zero attached hydrogens (tertiary/aromatic N) is 3. The van der Waals surface area contributed by atoms with E-state index >= 15 is 0 Å². The maximum absolute atomic E-state index is 12.4. The summed E-state index contributed by atoms with van der Waals surface area (Å²) in [5.74, 6) is 0.277. The van der Waals surface area contributed by atoms with Crippen molar-refractivity contribution in [3.63, 3.8) is 0 Å². The van der Waals surface area contributed by atoms with E-state index in [4.69, 9.17) is 4.74 Å². The largest absolute Gasteiger partial charge is 0.482 e. The minimum Gasteiger partial charge on any atom is -0.482 e. The van der Waals surface area contributed by atoms with Gasteiger partial charge < -0.3 is 14.6 Å². The van der Waals surface area contributed by atoms with Crippen molar-refractivity contribution in [2.24, 2.45) is 7.05 Å². The molecule has 0 radical (unpaired) electrons. The fraction of sp³-hybridized carbons (Fsp3) is 0.235. The number of nitrogens with one attached hydrogen (secondary N) is 1. The van der Waals surface area contributed by atoms with Crippen LogP contribution in [-0.2, 0) is 11.8 Å². The molecular weight excluding hydrogens is 413 g/mol. The fourth-order valence-electron chi connectivity index (χ4n) is 2.23. The number of hydrogen-bond donors (Lipinski definition) is 1. The first-order valence-electron chi connectivity index (χ1n) is 7.98. The molecule has 0 bridgehead atoms. The van der Waals surface area contributed by atoms with Gasteiger partial charge in [0.25, 0.3) is 0 Å². The zero-order chi connectivity index (χ0) is 20.1.